The molecule has 0 heterocycles. The van der Waals surface area contributed by atoms with E-state index in [2.05, 4.69) is 5.32 Å². The number of anilines is 2. The number of para-hydroxylation sites is 2. The Hall–Kier alpha value is -2.25. The second-order valence-electron chi connectivity index (χ2n) is 5.45. The van der Waals surface area contributed by atoms with E-state index < -0.39 is 15.9 Å². The van der Waals surface area contributed by atoms with Crippen LogP contribution in [-0.2, 0) is 14.8 Å². The Bertz CT molecular complexity index is 884. The summed E-state index contributed by atoms with van der Waals surface area (Å²) in [6.07, 6.45) is 1.04. The first-order valence-corrected chi connectivity index (χ1v) is 9.61. The molecule has 0 aromatic heterocycles. The maximum atomic E-state index is 12.4. The van der Waals surface area contributed by atoms with Gasteiger partial charge in [0.2, 0.25) is 15.9 Å². The van der Waals surface area contributed by atoms with Crippen LogP contribution in [0, 0.1) is 6.92 Å². The van der Waals surface area contributed by atoms with Gasteiger partial charge in [-0.3, -0.25) is 9.10 Å². The van der Waals surface area contributed by atoms with E-state index in [-0.39, 0.29) is 6.54 Å². The van der Waals surface area contributed by atoms with Crippen molar-refractivity contribution in [2.24, 2.45) is 0 Å². The van der Waals surface area contributed by atoms with E-state index in [1.165, 1.54) is 13.2 Å². The minimum atomic E-state index is -3.67. The molecule has 2 aromatic carbocycles. The maximum Gasteiger partial charge on any atom is 0.245 e. The van der Waals surface area contributed by atoms with Crippen molar-refractivity contribution in [2.75, 3.05) is 29.5 Å². The average molecular weight is 383 g/mol. The van der Waals surface area contributed by atoms with Crippen LogP contribution in [-0.4, -0.2) is 34.2 Å². The highest BCUT2D eigenvalue weighted by Crippen LogP contribution is 2.26. The topological polar surface area (TPSA) is 75.7 Å². The molecule has 2 rings (SSSR count). The number of aryl methyl sites for hydroxylation is 1. The van der Waals surface area contributed by atoms with Crippen LogP contribution >= 0.6 is 11.6 Å². The molecule has 0 atom stereocenters. The molecule has 25 heavy (non-hydrogen) atoms. The zero-order valence-electron chi connectivity index (χ0n) is 14.1. The molecular weight excluding hydrogens is 364 g/mol. The molecule has 0 saturated carbocycles. The normalized spacial score (nSPS) is 11.0. The highest BCUT2D eigenvalue weighted by atomic mass is 35.5. The molecule has 1 amide bonds. The number of sulfonamides is 1. The van der Waals surface area contributed by atoms with Crippen molar-refractivity contribution < 1.29 is 17.9 Å². The van der Waals surface area contributed by atoms with Gasteiger partial charge in [-0.2, -0.15) is 0 Å². The fourth-order valence-corrected chi connectivity index (χ4v) is 3.23. The lowest BCUT2D eigenvalue weighted by Crippen LogP contribution is -2.37. The minimum absolute atomic E-state index is 0.327. The predicted octanol–water partition coefficient (Wildman–Crippen LogP) is 3.06. The number of amides is 1. The van der Waals surface area contributed by atoms with Gasteiger partial charge in [-0.15, -0.1) is 0 Å². The number of nitrogens with one attached hydrogen (secondary N) is 1. The number of benzene rings is 2. The largest absolute Gasteiger partial charge is 0.495 e. The van der Waals surface area contributed by atoms with Crippen LogP contribution in [0.25, 0.3) is 0 Å². The molecule has 0 unspecified atom stereocenters. The monoisotopic (exact) mass is 382 g/mol. The molecule has 0 bridgehead atoms. The van der Waals surface area contributed by atoms with Crippen LogP contribution in [0.4, 0.5) is 11.4 Å². The second kappa shape index (κ2) is 7.76. The molecule has 0 aliphatic rings. The van der Waals surface area contributed by atoms with Crippen molar-refractivity contribution in [3.05, 3.63) is 53.1 Å². The van der Waals surface area contributed by atoms with Crippen LogP contribution < -0.4 is 14.4 Å². The summed E-state index contributed by atoms with van der Waals surface area (Å²) in [5.41, 5.74) is 1.61. The molecule has 6 nitrogen and oxygen atoms in total. The number of methoxy groups -OCH3 is 1. The first-order valence-electron chi connectivity index (χ1n) is 7.39. The van der Waals surface area contributed by atoms with Gasteiger partial charge in [-0.25, -0.2) is 8.42 Å². The van der Waals surface area contributed by atoms with Crippen LogP contribution in [0.1, 0.15) is 5.56 Å². The molecule has 0 aliphatic carbocycles. The molecule has 0 radical (unpaired) electrons. The summed E-state index contributed by atoms with van der Waals surface area (Å²) in [5, 5.41) is 3.08. The first-order chi connectivity index (χ1) is 11.7. The standard InChI is InChI=1S/C17H19ClN2O4S/c1-12-8-9-13(10-14(12)18)20(25(3,22)23)11-17(21)19-15-6-4-5-7-16(15)24-2/h4-10H,11H2,1-3H3,(H,19,21). The van der Waals surface area contributed by atoms with E-state index in [4.69, 9.17) is 16.3 Å². The number of carbonyl (C=O) groups is 1. The molecule has 1 N–H and O–H groups in total. The summed E-state index contributed by atoms with van der Waals surface area (Å²) < 4.78 is 30.4. The third kappa shape index (κ3) is 4.87. The number of carbonyl (C=O) groups excluding carboxylic acids is 1. The third-order valence-corrected chi connectivity index (χ3v) is 5.06. The summed E-state index contributed by atoms with van der Waals surface area (Å²) in [4.78, 5) is 12.4. The lowest BCUT2D eigenvalue weighted by atomic mass is 10.2. The van der Waals surface area contributed by atoms with Crippen LogP contribution in [0.5, 0.6) is 5.75 Å². The van der Waals surface area contributed by atoms with Gasteiger partial charge >= 0.3 is 0 Å². The van der Waals surface area contributed by atoms with E-state index in [1.807, 2.05) is 6.92 Å². The SMILES string of the molecule is COc1ccccc1NC(=O)CN(c1ccc(C)c(Cl)c1)S(C)(=O)=O. The summed E-state index contributed by atoms with van der Waals surface area (Å²) in [7, 11) is -2.18. The van der Waals surface area contributed by atoms with Crippen molar-refractivity contribution in [3.63, 3.8) is 0 Å². The Morgan fingerprint density at radius 3 is 2.52 bits per heavy atom. The van der Waals surface area contributed by atoms with Crippen molar-refractivity contribution in [1.82, 2.24) is 0 Å². The van der Waals surface area contributed by atoms with E-state index in [9.17, 15) is 13.2 Å². The van der Waals surface area contributed by atoms with Gasteiger partial charge in [-0.05, 0) is 36.8 Å². The van der Waals surface area contributed by atoms with E-state index >= 15 is 0 Å². The Morgan fingerprint density at radius 1 is 1.24 bits per heavy atom. The number of ether oxygens (including phenoxy) is 1. The van der Waals surface area contributed by atoms with Crippen LogP contribution in [0.15, 0.2) is 42.5 Å². The van der Waals surface area contributed by atoms with Gasteiger partial charge in [-0.1, -0.05) is 29.8 Å². The van der Waals surface area contributed by atoms with E-state index in [0.717, 1.165) is 16.1 Å². The Kier molecular flexibility index (Phi) is 5.92. The molecule has 8 heteroatoms. The molecule has 134 valence electrons. The molecule has 0 spiro atoms. The third-order valence-electron chi connectivity index (χ3n) is 3.51. The number of hydrogen-bond acceptors (Lipinski definition) is 4. The molecule has 0 saturated heterocycles. The van der Waals surface area contributed by atoms with E-state index in [0.29, 0.717) is 22.1 Å². The molecule has 2 aromatic rings. The number of nitrogens with zero attached hydrogens (tertiary/aromatic N) is 1. The Balaban J connectivity index is 2.25. The highest BCUT2D eigenvalue weighted by molar-refractivity contribution is 7.92. The van der Waals surface area contributed by atoms with Crippen molar-refractivity contribution in [2.45, 2.75) is 6.92 Å². The number of hydrogen-bond donors (Lipinski definition) is 1. The van der Waals surface area contributed by atoms with Gasteiger partial charge in [0, 0.05) is 5.02 Å². The maximum absolute atomic E-state index is 12.4. The summed E-state index contributed by atoms with van der Waals surface area (Å²) in [6.45, 7) is 1.43. The Morgan fingerprint density at radius 2 is 1.92 bits per heavy atom. The summed E-state index contributed by atoms with van der Waals surface area (Å²) >= 11 is 6.08. The van der Waals surface area contributed by atoms with Gasteiger partial charge in [0.1, 0.15) is 12.3 Å². The summed E-state index contributed by atoms with van der Waals surface area (Å²) in [6, 6.07) is 11.7. The number of halogens is 1. The predicted molar refractivity (Wildman–Crippen MR) is 100 cm³/mol. The molecule has 0 fully saturated rings. The van der Waals surface area contributed by atoms with Crippen molar-refractivity contribution in [1.29, 1.82) is 0 Å². The lowest BCUT2D eigenvalue weighted by molar-refractivity contribution is -0.114. The zero-order valence-corrected chi connectivity index (χ0v) is 15.7. The lowest BCUT2D eigenvalue weighted by Gasteiger charge is -2.22. The highest BCUT2D eigenvalue weighted by Gasteiger charge is 2.22. The number of rotatable bonds is 6. The van der Waals surface area contributed by atoms with Gasteiger partial charge in [0.05, 0.1) is 24.7 Å². The summed E-state index contributed by atoms with van der Waals surface area (Å²) in [5.74, 6) is -0.00763. The molecule has 0 aliphatic heterocycles. The quantitative estimate of drug-likeness (QED) is 0.833. The van der Waals surface area contributed by atoms with Gasteiger partial charge in [0.25, 0.3) is 0 Å². The smallest absolute Gasteiger partial charge is 0.245 e. The van der Waals surface area contributed by atoms with E-state index in [1.54, 1.807) is 36.4 Å². The van der Waals surface area contributed by atoms with Gasteiger partial charge < -0.3 is 10.1 Å². The molecular formula is C17H19ClN2O4S. The average Bonchev–Trinajstić information content (AvgIpc) is 2.55. The van der Waals surface area contributed by atoms with Crippen LogP contribution in [0.2, 0.25) is 5.02 Å². The van der Waals surface area contributed by atoms with Gasteiger partial charge in [0.15, 0.2) is 0 Å². The van der Waals surface area contributed by atoms with Crippen molar-refractivity contribution in [3.8, 4) is 5.75 Å². The minimum Gasteiger partial charge on any atom is -0.495 e. The van der Waals surface area contributed by atoms with Crippen LogP contribution in [0.3, 0.4) is 0 Å². The Labute approximate surface area is 152 Å². The van der Waals surface area contributed by atoms with Crippen molar-refractivity contribution >= 4 is 38.9 Å². The fourth-order valence-electron chi connectivity index (χ4n) is 2.20. The first kappa shape index (κ1) is 19.1. The fraction of sp³-hybridized carbons (Fsp3) is 0.235. The zero-order chi connectivity index (χ0) is 18.6. The second-order valence-corrected chi connectivity index (χ2v) is 7.77.